The van der Waals surface area contributed by atoms with Gasteiger partial charge in [-0.25, -0.2) is 0 Å². The number of nitrogens with zero attached hydrogens (tertiary/aromatic N) is 2. The van der Waals surface area contributed by atoms with Gasteiger partial charge in [0.2, 0.25) is 0 Å². The Bertz CT molecular complexity index is 1430. The molecule has 0 bridgehead atoms. The summed E-state index contributed by atoms with van der Waals surface area (Å²) in [7, 11) is 0. The molecule has 4 rings (SSSR count). The second-order valence-corrected chi connectivity index (χ2v) is 10.2. The minimum atomic E-state index is -4.65. The fraction of sp³-hybridized carbons (Fsp3) is 0.375. The number of hydrogen-bond acceptors (Lipinski definition) is 5. The van der Waals surface area contributed by atoms with E-state index in [0.29, 0.717) is 42.1 Å². The summed E-state index contributed by atoms with van der Waals surface area (Å²) in [6.07, 6.45) is -4.06. The molecule has 0 radical (unpaired) electrons. The fourth-order valence-corrected chi connectivity index (χ4v) is 5.34. The van der Waals surface area contributed by atoms with Crippen LogP contribution >= 0.6 is 0 Å². The van der Waals surface area contributed by atoms with Gasteiger partial charge >= 0.3 is 6.18 Å². The Morgan fingerprint density at radius 1 is 1.02 bits per heavy atom. The standard InChI is InChI=1S/C32H36F3N3O4/c1-4-23-20-37(31(41)25-12-10-21(3)18-27(25)32(33,34)35)15-16-38(23)28-13-11-22(19-26(28)30(40)36-14-17-39)24-8-6-7-9-29(24)42-5-2/h6-13,18-19,23,39H,4-5,14-17,20H2,1-3H3,(H,36,40)/t23-/m1/s1. The zero-order valence-electron chi connectivity index (χ0n) is 24.0. The van der Waals surface area contributed by atoms with Gasteiger partial charge < -0.3 is 25.0 Å². The second kappa shape index (κ2) is 13.3. The topological polar surface area (TPSA) is 82.1 Å². The molecule has 1 aliphatic heterocycles. The molecule has 0 aliphatic carbocycles. The number of carbonyl (C=O) groups is 2. The summed E-state index contributed by atoms with van der Waals surface area (Å²) in [4.78, 5) is 30.2. The average molecular weight is 584 g/mol. The first-order chi connectivity index (χ1) is 20.1. The van der Waals surface area contributed by atoms with Crippen LogP contribution in [0, 0.1) is 6.92 Å². The molecule has 0 unspecified atom stereocenters. The summed E-state index contributed by atoms with van der Waals surface area (Å²) in [5.74, 6) is -0.343. The Kier molecular flexibility index (Phi) is 9.78. The monoisotopic (exact) mass is 583 g/mol. The number of piperazine rings is 1. The second-order valence-electron chi connectivity index (χ2n) is 10.2. The predicted octanol–water partition coefficient (Wildman–Crippen LogP) is 5.54. The highest BCUT2D eigenvalue weighted by Crippen LogP contribution is 2.36. The van der Waals surface area contributed by atoms with Crippen LogP contribution in [-0.2, 0) is 6.18 Å². The molecule has 2 amide bonds. The molecule has 1 saturated heterocycles. The molecule has 0 aromatic heterocycles. The molecule has 7 nitrogen and oxygen atoms in total. The Morgan fingerprint density at radius 3 is 2.48 bits per heavy atom. The molecule has 1 atom stereocenters. The first kappa shape index (κ1) is 30.9. The summed E-state index contributed by atoms with van der Waals surface area (Å²) < 4.78 is 47.1. The van der Waals surface area contributed by atoms with E-state index in [1.807, 2.05) is 55.1 Å². The van der Waals surface area contributed by atoms with E-state index in [-0.39, 0.29) is 43.8 Å². The van der Waals surface area contributed by atoms with Crippen molar-refractivity contribution >= 4 is 17.5 Å². The maximum atomic E-state index is 13.8. The van der Waals surface area contributed by atoms with Gasteiger partial charge in [0.1, 0.15) is 5.75 Å². The molecule has 42 heavy (non-hydrogen) atoms. The molecule has 0 saturated carbocycles. The maximum Gasteiger partial charge on any atom is 0.417 e. The Labute approximate surface area is 243 Å². The van der Waals surface area contributed by atoms with Gasteiger partial charge in [0.25, 0.3) is 11.8 Å². The molecule has 3 aromatic rings. The molecule has 0 spiro atoms. The number of hydrogen-bond donors (Lipinski definition) is 2. The first-order valence-electron chi connectivity index (χ1n) is 14.1. The molecule has 10 heteroatoms. The number of aliphatic hydroxyl groups excluding tert-OH is 1. The number of aliphatic hydroxyl groups is 1. The van der Waals surface area contributed by atoms with E-state index in [0.717, 1.165) is 17.2 Å². The van der Waals surface area contributed by atoms with Gasteiger partial charge in [0, 0.05) is 43.5 Å². The quantitative estimate of drug-likeness (QED) is 0.346. The molecule has 1 aliphatic rings. The highest BCUT2D eigenvalue weighted by atomic mass is 19.4. The number of para-hydroxylation sites is 1. The Hall–Kier alpha value is -4.05. The van der Waals surface area contributed by atoms with Crippen LogP contribution in [0.5, 0.6) is 5.75 Å². The molecule has 1 heterocycles. The lowest BCUT2D eigenvalue weighted by molar-refractivity contribution is -0.138. The number of halogens is 3. The number of aryl methyl sites for hydroxylation is 1. The highest BCUT2D eigenvalue weighted by molar-refractivity contribution is 6.01. The average Bonchev–Trinajstić information content (AvgIpc) is 2.99. The van der Waals surface area contributed by atoms with Crippen molar-refractivity contribution in [2.24, 2.45) is 0 Å². The minimum absolute atomic E-state index is 0.0790. The maximum absolute atomic E-state index is 13.8. The molecular weight excluding hydrogens is 547 g/mol. The number of anilines is 1. The third-order valence-electron chi connectivity index (χ3n) is 7.40. The first-order valence-corrected chi connectivity index (χ1v) is 14.1. The lowest BCUT2D eigenvalue weighted by Gasteiger charge is -2.43. The van der Waals surface area contributed by atoms with E-state index in [1.165, 1.54) is 17.0 Å². The predicted molar refractivity (Wildman–Crippen MR) is 156 cm³/mol. The van der Waals surface area contributed by atoms with Crippen molar-refractivity contribution in [1.29, 1.82) is 0 Å². The van der Waals surface area contributed by atoms with Gasteiger partial charge in [-0.1, -0.05) is 42.8 Å². The van der Waals surface area contributed by atoms with Crippen LogP contribution in [0.2, 0.25) is 0 Å². The van der Waals surface area contributed by atoms with Crippen molar-refractivity contribution in [1.82, 2.24) is 10.2 Å². The molecule has 2 N–H and O–H groups in total. The van der Waals surface area contributed by atoms with Crippen molar-refractivity contribution in [3.63, 3.8) is 0 Å². The van der Waals surface area contributed by atoms with Gasteiger partial charge in [-0.3, -0.25) is 9.59 Å². The van der Waals surface area contributed by atoms with Crippen molar-refractivity contribution in [2.75, 3.05) is 44.3 Å². The zero-order chi connectivity index (χ0) is 30.4. The number of benzene rings is 3. The molecule has 1 fully saturated rings. The summed E-state index contributed by atoms with van der Waals surface area (Å²) in [6.45, 7) is 6.45. The number of rotatable bonds is 9. The summed E-state index contributed by atoms with van der Waals surface area (Å²) >= 11 is 0. The van der Waals surface area contributed by atoms with Crippen LogP contribution in [-0.4, -0.2) is 67.3 Å². The van der Waals surface area contributed by atoms with E-state index in [4.69, 9.17) is 4.74 Å². The number of ether oxygens (including phenoxy) is 1. The lowest BCUT2D eigenvalue weighted by atomic mass is 9.97. The Balaban J connectivity index is 1.67. The smallest absolute Gasteiger partial charge is 0.417 e. The minimum Gasteiger partial charge on any atom is -0.493 e. The van der Waals surface area contributed by atoms with Gasteiger partial charge in [0.15, 0.2) is 0 Å². The van der Waals surface area contributed by atoms with E-state index in [1.54, 1.807) is 13.0 Å². The van der Waals surface area contributed by atoms with Crippen LogP contribution in [0.15, 0.2) is 60.7 Å². The number of amides is 2. The fourth-order valence-electron chi connectivity index (χ4n) is 5.34. The SMILES string of the molecule is CCOc1ccccc1-c1ccc(N2CCN(C(=O)c3ccc(C)cc3C(F)(F)F)C[C@H]2CC)c(C(=O)NCCO)c1. The van der Waals surface area contributed by atoms with Crippen LogP contribution in [0.1, 0.15) is 52.1 Å². The summed E-state index contributed by atoms with van der Waals surface area (Å²) in [5, 5.41) is 12.0. The molecule has 3 aromatic carbocycles. The molecular formula is C32H36F3N3O4. The lowest BCUT2D eigenvalue weighted by Crippen LogP contribution is -2.55. The number of nitrogens with one attached hydrogen (secondary N) is 1. The van der Waals surface area contributed by atoms with Crippen LogP contribution < -0.4 is 15.0 Å². The van der Waals surface area contributed by atoms with E-state index in [9.17, 15) is 27.9 Å². The third-order valence-corrected chi connectivity index (χ3v) is 7.40. The number of carbonyl (C=O) groups excluding carboxylic acids is 2. The van der Waals surface area contributed by atoms with Crippen molar-refractivity contribution in [3.05, 3.63) is 82.9 Å². The van der Waals surface area contributed by atoms with Crippen molar-refractivity contribution in [2.45, 2.75) is 39.4 Å². The highest BCUT2D eigenvalue weighted by Gasteiger charge is 2.38. The summed E-state index contributed by atoms with van der Waals surface area (Å²) in [6, 6.07) is 16.6. The van der Waals surface area contributed by atoms with Crippen LogP contribution in [0.3, 0.4) is 0 Å². The third kappa shape index (κ3) is 6.70. The molecule has 224 valence electrons. The van der Waals surface area contributed by atoms with Crippen molar-refractivity contribution in [3.8, 4) is 16.9 Å². The van der Waals surface area contributed by atoms with E-state index >= 15 is 0 Å². The summed E-state index contributed by atoms with van der Waals surface area (Å²) in [5.41, 5.74) is 1.76. The largest absolute Gasteiger partial charge is 0.493 e. The van der Waals surface area contributed by atoms with Crippen LogP contribution in [0.25, 0.3) is 11.1 Å². The van der Waals surface area contributed by atoms with Gasteiger partial charge in [-0.2, -0.15) is 13.2 Å². The van der Waals surface area contributed by atoms with Gasteiger partial charge in [-0.05, 0) is 56.2 Å². The normalized spacial score (nSPS) is 15.5. The Morgan fingerprint density at radius 2 is 1.79 bits per heavy atom. The van der Waals surface area contributed by atoms with E-state index < -0.39 is 17.6 Å². The van der Waals surface area contributed by atoms with E-state index in [2.05, 4.69) is 5.32 Å². The van der Waals surface area contributed by atoms with Crippen molar-refractivity contribution < 1.29 is 32.6 Å². The zero-order valence-corrected chi connectivity index (χ0v) is 24.0. The number of alkyl halides is 3. The van der Waals surface area contributed by atoms with Gasteiger partial charge in [0.05, 0.1) is 29.9 Å². The van der Waals surface area contributed by atoms with Crippen LogP contribution in [0.4, 0.5) is 18.9 Å². The van der Waals surface area contributed by atoms with Gasteiger partial charge in [-0.15, -0.1) is 0 Å².